The van der Waals surface area contributed by atoms with Gasteiger partial charge in [0.1, 0.15) is 6.33 Å². The summed E-state index contributed by atoms with van der Waals surface area (Å²) in [7, 11) is 0. The lowest BCUT2D eigenvalue weighted by molar-refractivity contribution is 0.0698. The number of carbonyl (C=O) groups is 1. The van der Waals surface area contributed by atoms with Gasteiger partial charge in [0, 0.05) is 3.57 Å². The van der Waals surface area contributed by atoms with Crippen LogP contribution >= 0.6 is 22.6 Å². The molecule has 4 nitrogen and oxygen atoms in total. The van der Waals surface area contributed by atoms with E-state index in [0.29, 0.717) is 11.0 Å². The molecular weight excluding hydrogens is 355 g/mol. The van der Waals surface area contributed by atoms with E-state index in [1.807, 2.05) is 34.9 Å². The number of carboxylic acid groups (broad SMARTS) is 1. The van der Waals surface area contributed by atoms with Gasteiger partial charge in [0.15, 0.2) is 0 Å². The van der Waals surface area contributed by atoms with Crippen LogP contribution in [0.25, 0.3) is 16.7 Å². The number of benzene rings is 2. The second-order valence-electron chi connectivity index (χ2n) is 4.04. The van der Waals surface area contributed by atoms with Crippen LogP contribution in [0.1, 0.15) is 10.4 Å². The van der Waals surface area contributed by atoms with E-state index in [4.69, 9.17) is 0 Å². The molecule has 0 atom stereocenters. The van der Waals surface area contributed by atoms with E-state index in [-0.39, 0.29) is 5.56 Å². The molecule has 19 heavy (non-hydrogen) atoms. The fraction of sp³-hybridized carbons (Fsp3) is 0. The van der Waals surface area contributed by atoms with Gasteiger partial charge in [0.25, 0.3) is 0 Å². The molecule has 0 spiro atoms. The molecule has 0 saturated heterocycles. The third-order valence-corrected chi connectivity index (χ3v) is 3.82. The summed E-state index contributed by atoms with van der Waals surface area (Å²) < 4.78 is 2.86. The smallest absolute Gasteiger partial charge is 0.337 e. The maximum Gasteiger partial charge on any atom is 0.337 e. The van der Waals surface area contributed by atoms with Crippen LogP contribution < -0.4 is 0 Å². The summed E-state index contributed by atoms with van der Waals surface area (Å²) in [5, 5.41) is 9.30. The van der Waals surface area contributed by atoms with Crippen LogP contribution in [0.5, 0.6) is 0 Å². The molecule has 0 amide bonds. The van der Waals surface area contributed by atoms with Gasteiger partial charge in [-0.1, -0.05) is 18.2 Å². The first-order valence-corrected chi connectivity index (χ1v) is 6.70. The first-order chi connectivity index (χ1) is 9.18. The van der Waals surface area contributed by atoms with Gasteiger partial charge in [-0.3, -0.25) is 4.57 Å². The predicted octanol–water partition coefficient (Wildman–Crippen LogP) is 3.33. The number of fused-ring (bicyclic) bond motifs is 1. The van der Waals surface area contributed by atoms with Crippen LogP contribution in [-0.4, -0.2) is 20.6 Å². The van der Waals surface area contributed by atoms with E-state index in [1.165, 1.54) is 0 Å². The Labute approximate surface area is 122 Å². The van der Waals surface area contributed by atoms with Crippen molar-refractivity contribution in [3.63, 3.8) is 0 Å². The summed E-state index contributed by atoms with van der Waals surface area (Å²) in [5.74, 6) is -0.946. The van der Waals surface area contributed by atoms with Crippen LogP contribution in [0.4, 0.5) is 0 Å². The van der Waals surface area contributed by atoms with Crippen molar-refractivity contribution in [3.05, 3.63) is 57.9 Å². The maximum atomic E-state index is 11.3. The number of hydrogen-bond acceptors (Lipinski definition) is 2. The quantitative estimate of drug-likeness (QED) is 0.710. The monoisotopic (exact) mass is 364 g/mol. The first kappa shape index (κ1) is 12.2. The molecule has 0 aliphatic rings. The summed E-state index contributed by atoms with van der Waals surface area (Å²) in [6.45, 7) is 0. The summed E-state index contributed by atoms with van der Waals surface area (Å²) >= 11 is 2.23. The number of aromatic nitrogens is 2. The van der Waals surface area contributed by atoms with Gasteiger partial charge in [0.2, 0.25) is 0 Å². The number of hydrogen-bond donors (Lipinski definition) is 1. The average molecular weight is 364 g/mol. The summed E-state index contributed by atoms with van der Waals surface area (Å²) in [6, 6.07) is 12.9. The molecule has 0 aliphatic heterocycles. The van der Waals surface area contributed by atoms with E-state index in [1.54, 1.807) is 18.5 Å². The Morgan fingerprint density at radius 2 is 1.95 bits per heavy atom. The van der Waals surface area contributed by atoms with Gasteiger partial charge >= 0.3 is 5.97 Å². The molecule has 1 aromatic heterocycles. The van der Waals surface area contributed by atoms with Crippen molar-refractivity contribution < 1.29 is 9.90 Å². The lowest BCUT2D eigenvalue weighted by atomic mass is 10.2. The number of rotatable bonds is 2. The van der Waals surface area contributed by atoms with Gasteiger partial charge in [-0.05, 0) is 46.9 Å². The molecule has 3 rings (SSSR count). The summed E-state index contributed by atoms with van der Waals surface area (Å²) in [4.78, 5) is 15.6. The number of para-hydroxylation sites is 2. The lowest BCUT2D eigenvalue weighted by Crippen LogP contribution is -2.02. The van der Waals surface area contributed by atoms with E-state index in [0.717, 1.165) is 9.26 Å². The van der Waals surface area contributed by atoms with E-state index in [9.17, 15) is 9.90 Å². The Morgan fingerprint density at radius 1 is 1.16 bits per heavy atom. The molecule has 0 saturated carbocycles. The zero-order chi connectivity index (χ0) is 13.4. The number of aromatic carboxylic acids is 1. The highest BCUT2D eigenvalue weighted by atomic mass is 127. The predicted molar refractivity (Wildman–Crippen MR) is 80.7 cm³/mol. The largest absolute Gasteiger partial charge is 0.478 e. The Bertz CT molecular complexity index is 780. The van der Waals surface area contributed by atoms with E-state index in [2.05, 4.69) is 27.6 Å². The topological polar surface area (TPSA) is 55.1 Å². The standard InChI is InChI=1S/C14H9IN2O2/c15-10-5-1-2-7-12(10)17-8-16-11-6-3-4-9(13(11)17)14(18)19/h1-8H,(H,18,19). The first-order valence-electron chi connectivity index (χ1n) is 5.63. The van der Waals surface area contributed by atoms with Crippen molar-refractivity contribution in [2.45, 2.75) is 0 Å². The Morgan fingerprint density at radius 3 is 2.68 bits per heavy atom. The number of carboxylic acids is 1. The van der Waals surface area contributed by atoms with Crippen LogP contribution in [0.15, 0.2) is 48.8 Å². The maximum absolute atomic E-state index is 11.3. The van der Waals surface area contributed by atoms with Gasteiger partial charge in [-0.25, -0.2) is 9.78 Å². The highest BCUT2D eigenvalue weighted by Gasteiger charge is 2.15. The SMILES string of the molecule is O=C(O)c1cccc2ncn(-c3ccccc3I)c12. The van der Waals surface area contributed by atoms with E-state index >= 15 is 0 Å². The number of halogens is 1. The zero-order valence-corrected chi connectivity index (χ0v) is 11.9. The van der Waals surface area contributed by atoms with Gasteiger partial charge in [-0.15, -0.1) is 0 Å². The molecule has 1 heterocycles. The molecule has 0 aliphatic carbocycles. The molecule has 0 fully saturated rings. The molecule has 2 aromatic carbocycles. The van der Waals surface area contributed by atoms with Gasteiger partial charge in [0.05, 0.1) is 22.3 Å². The van der Waals surface area contributed by atoms with Crippen LogP contribution in [0.2, 0.25) is 0 Å². The average Bonchev–Trinajstić information content (AvgIpc) is 2.82. The second-order valence-corrected chi connectivity index (χ2v) is 5.21. The number of imidazole rings is 1. The Balaban J connectivity index is 2.37. The second kappa shape index (κ2) is 4.65. The molecule has 3 aromatic rings. The molecular formula is C14H9IN2O2. The molecule has 0 radical (unpaired) electrons. The minimum absolute atomic E-state index is 0.259. The van der Waals surface area contributed by atoms with Crippen molar-refractivity contribution in [1.82, 2.24) is 9.55 Å². The third-order valence-electron chi connectivity index (χ3n) is 2.91. The van der Waals surface area contributed by atoms with Crippen molar-refractivity contribution >= 4 is 39.6 Å². The van der Waals surface area contributed by atoms with Crippen molar-refractivity contribution in [2.75, 3.05) is 0 Å². The van der Waals surface area contributed by atoms with Crippen molar-refractivity contribution in [2.24, 2.45) is 0 Å². The van der Waals surface area contributed by atoms with Gasteiger partial charge in [-0.2, -0.15) is 0 Å². The molecule has 0 unspecified atom stereocenters. The van der Waals surface area contributed by atoms with Crippen molar-refractivity contribution in [3.8, 4) is 5.69 Å². The summed E-state index contributed by atoms with van der Waals surface area (Å²) in [5.41, 5.74) is 2.49. The minimum Gasteiger partial charge on any atom is -0.478 e. The van der Waals surface area contributed by atoms with Crippen LogP contribution in [-0.2, 0) is 0 Å². The zero-order valence-electron chi connectivity index (χ0n) is 9.75. The summed E-state index contributed by atoms with van der Waals surface area (Å²) in [6.07, 6.45) is 1.66. The Hall–Kier alpha value is -1.89. The highest BCUT2D eigenvalue weighted by Crippen LogP contribution is 2.24. The fourth-order valence-electron chi connectivity index (χ4n) is 2.07. The number of nitrogens with zero attached hydrogens (tertiary/aromatic N) is 2. The Kier molecular flexibility index (Phi) is 2.98. The van der Waals surface area contributed by atoms with Crippen LogP contribution in [0, 0.1) is 3.57 Å². The fourth-order valence-corrected chi connectivity index (χ4v) is 2.72. The minimum atomic E-state index is -0.946. The molecule has 0 bridgehead atoms. The molecule has 5 heteroatoms. The lowest BCUT2D eigenvalue weighted by Gasteiger charge is -2.08. The molecule has 94 valence electrons. The highest BCUT2D eigenvalue weighted by molar-refractivity contribution is 14.1. The third kappa shape index (κ3) is 1.99. The van der Waals surface area contributed by atoms with Crippen molar-refractivity contribution in [1.29, 1.82) is 0 Å². The molecule has 1 N–H and O–H groups in total. The van der Waals surface area contributed by atoms with E-state index < -0.39 is 5.97 Å². The van der Waals surface area contributed by atoms with Crippen LogP contribution in [0.3, 0.4) is 0 Å². The van der Waals surface area contributed by atoms with Gasteiger partial charge < -0.3 is 5.11 Å². The normalized spacial score (nSPS) is 10.8.